The molecule has 0 saturated carbocycles. The highest BCUT2D eigenvalue weighted by Crippen LogP contribution is 2.20. The van der Waals surface area contributed by atoms with Gasteiger partial charge >= 0.3 is 5.69 Å². The predicted molar refractivity (Wildman–Crippen MR) is 111 cm³/mol. The first-order chi connectivity index (χ1) is 13.7. The van der Waals surface area contributed by atoms with Crippen molar-refractivity contribution in [2.45, 2.75) is 38.6 Å². The topological polar surface area (TPSA) is 84.5 Å². The average molecular weight is 403 g/mol. The van der Waals surface area contributed by atoms with E-state index in [1.54, 1.807) is 12.4 Å². The summed E-state index contributed by atoms with van der Waals surface area (Å²) in [6, 6.07) is 0. The van der Waals surface area contributed by atoms with Crippen molar-refractivity contribution < 1.29 is 4.79 Å². The van der Waals surface area contributed by atoms with E-state index in [1.807, 2.05) is 11.8 Å². The van der Waals surface area contributed by atoms with E-state index >= 15 is 0 Å². The molecule has 1 N–H and O–H groups in total. The van der Waals surface area contributed by atoms with E-state index in [-0.39, 0.29) is 18.1 Å². The lowest BCUT2D eigenvalue weighted by Gasteiger charge is -2.27. The number of nitrogens with zero attached hydrogens (tertiary/aromatic N) is 5. The Hall–Kier alpha value is -2.29. The van der Waals surface area contributed by atoms with Crippen molar-refractivity contribution in [2.24, 2.45) is 0 Å². The molecule has 1 amide bonds. The van der Waals surface area contributed by atoms with Crippen molar-refractivity contribution in [3.05, 3.63) is 34.5 Å². The zero-order chi connectivity index (χ0) is 19.3. The van der Waals surface area contributed by atoms with E-state index < -0.39 is 0 Å². The number of anilines is 1. The molecule has 0 atom stereocenters. The molecule has 1 saturated heterocycles. The van der Waals surface area contributed by atoms with E-state index in [4.69, 9.17) is 0 Å². The Morgan fingerprint density at radius 2 is 2.11 bits per heavy atom. The lowest BCUT2D eigenvalue weighted by atomic mass is 9.97. The fraction of sp³-hybridized carbons (Fsp3) is 0.579. The molecule has 2 aromatic heterocycles. The molecule has 0 bridgehead atoms. The van der Waals surface area contributed by atoms with Gasteiger partial charge in [-0.1, -0.05) is 11.6 Å². The number of thioether (sulfide) groups is 1. The predicted octanol–water partition coefficient (Wildman–Crippen LogP) is 1.45. The first-order valence-electron chi connectivity index (χ1n) is 9.94. The van der Waals surface area contributed by atoms with Gasteiger partial charge in [0.25, 0.3) is 0 Å². The van der Waals surface area contributed by atoms with Gasteiger partial charge in [-0.05, 0) is 32.1 Å². The number of aromatic nitrogens is 4. The zero-order valence-electron chi connectivity index (χ0n) is 16.0. The van der Waals surface area contributed by atoms with Crippen LogP contribution in [-0.2, 0) is 11.3 Å². The van der Waals surface area contributed by atoms with Crippen LogP contribution in [0.4, 0.5) is 5.82 Å². The summed E-state index contributed by atoms with van der Waals surface area (Å²) in [6.07, 6.45) is 11.2. The number of hydrogen-bond acceptors (Lipinski definition) is 6. The van der Waals surface area contributed by atoms with Crippen LogP contribution in [0.25, 0.3) is 5.65 Å². The van der Waals surface area contributed by atoms with Crippen molar-refractivity contribution in [2.75, 3.05) is 36.0 Å². The van der Waals surface area contributed by atoms with Crippen molar-refractivity contribution in [1.29, 1.82) is 0 Å². The highest BCUT2D eigenvalue weighted by molar-refractivity contribution is 7.99. The zero-order valence-corrected chi connectivity index (χ0v) is 16.8. The van der Waals surface area contributed by atoms with Gasteiger partial charge in [0.2, 0.25) is 11.6 Å². The maximum atomic E-state index is 12.6. The second kappa shape index (κ2) is 8.81. The van der Waals surface area contributed by atoms with Gasteiger partial charge in [0.05, 0.1) is 0 Å². The van der Waals surface area contributed by atoms with E-state index in [0.717, 1.165) is 43.9 Å². The summed E-state index contributed by atoms with van der Waals surface area (Å²) in [7, 11) is 0. The van der Waals surface area contributed by atoms with E-state index in [1.165, 1.54) is 27.5 Å². The van der Waals surface area contributed by atoms with Crippen LogP contribution < -0.4 is 15.9 Å². The van der Waals surface area contributed by atoms with Crippen molar-refractivity contribution in [1.82, 2.24) is 24.5 Å². The molecule has 9 heteroatoms. The first kappa shape index (κ1) is 19.0. The number of carbonyl (C=O) groups is 1. The number of amides is 1. The molecule has 2 aliphatic rings. The Bertz CT molecular complexity index is 928. The van der Waals surface area contributed by atoms with Gasteiger partial charge in [0, 0.05) is 43.5 Å². The normalized spacial score (nSPS) is 17.6. The quantitative estimate of drug-likeness (QED) is 0.737. The second-order valence-electron chi connectivity index (χ2n) is 7.19. The Morgan fingerprint density at radius 1 is 1.25 bits per heavy atom. The minimum atomic E-state index is -0.310. The first-order valence-corrected chi connectivity index (χ1v) is 11.1. The number of carbonyl (C=O) groups excluding carboxylic acids is 1. The number of nitrogens with one attached hydrogen (secondary N) is 1. The summed E-state index contributed by atoms with van der Waals surface area (Å²) in [4.78, 5) is 31.5. The third-order valence-electron chi connectivity index (χ3n) is 5.24. The molecule has 4 rings (SSSR count). The van der Waals surface area contributed by atoms with Crippen molar-refractivity contribution in [3.8, 4) is 0 Å². The summed E-state index contributed by atoms with van der Waals surface area (Å²) in [5.74, 6) is 2.59. The fourth-order valence-corrected chi connectivity index (χ4v) is 4.63. The lowest BCUT2D eigenvalue weighted by molar-refractivity contribution is -0.121. The van der Waals surface area contributed by atoms with Crippen LogP contribution in [0.1, 0.15) is 32.1 Å². The van der Waals surface area contributed by atoms with Gasteiger partial charge in [-0.3, -0.25) is 4.79 Å². The Morgan fingerprint density at radius 3 is 2.89 bits per heavy atom. The van der Waals surface area contributed by atoms with Gasteiger partial charge < -0.3 is 10.2 Å². The molecule has 8 nitrogen and oxygen atoms in total. The van der Waals surface area contributed by atoms with Crippen LogP contribution in [0.15, 0.2) is 28.8 Å². The average Bonchev–Trinajstić information content (AvgIpc) is 3.05. The lowest BCUT2D eigenvalue weighted by Crippen LogP contribution is -2.33. The summed E-state index contributed by atoms with van der Waals surface area (Å²) >= 11 is 1.91. The molecule has 0 spiro atoms. The third kappa shape index (κ3) is 4.24. The molecule has 1 aliphatic heterocycles. The second-order valence-corrected chi connectivity index (χ2v) is 8.42. The summed E-state index contributed by atoms with van der Waals surface area (Å²) in [5, 5.41) is 7.32. The Balaban J connectivity index is 1.43. The molecule has 0 radical (unpaired) electrons. The van der Waals surface area contributed by atoms with Crippen LogP contribution in [0.2, 0.25) is 0 Å². The number of rotatable bonds is 6. The van der Waals surface area contributed by atoms with Crippen LogP contribution in [0.3, 0.4) is 0 Å². The molecule has 0 aromatic carbocycles. The third-order valence-corrected chi connectivity index (χ3v) is 6.18. The standard InChI is InChI=1S/C19H26N6O2S/c26-16(20-7-6-15-4-2-1-3-5-15)14-25-19(27)24-9-8-21-17(18(24)22-25)23-10-12-28-13-11-23/h4,8-9H,1-3,5-7,10-14H2,(H,20,26). The Kier molecular flexibility index (Phi) is 5.99. The van der Waals surface area contributed by atoms with Gasteiger partial charge in [0.1, 0.15) is 6.54 Å². The van der Waals surface area contributed by atoms with Crippen LogP contribution >= 0.6 is 11.8 Å². The minimum absolute atomic E-state index is 0.0746. The number of fused-ring (bicyclic) bond motifs is 1. The molecule has 150 valence electrons. The number of hydrogen-bond donors (Lipinski definition) is 1. The van der Waals surface area contributed by atoms with Crippen LogP contribution in [0, 0.1) is 0 Å². The summed E-state index contributed by atoms with van der Waals surface area (Å²) in [6.45, 7) is 2.29. The van der Waals surface area contributed by atoms with Crippen molar-refractivity contribution >= 4 is 29.1 Å². The maximum Gasteiger partial charge on any atom is 0.350 e. The molecule has 3 heterocycles. The molecule has 28 heavy (non-hydrogen) atoms. The molecule has 1 fully saturated rings. The van der Waals surface area contributed by atoms with Gasteiger partial charge in [-0.25, -0.2) is 18.9 Å². The monoisotopic (exact) mass is 402 g/mol. The molecule has 2 aromatic rings. The molecular formula is C19H26N6O2S. The van der Waals surface area contributed by atoms with Crippen molar-refractivity contribution in [3.63, 3.8) is 0 Å². The Labute approximate surface area is 168 Å². The highest BCUT2D eigenvalue weighted by atomic mass is 32.2. The smallest absolute Gasteiger partial charge is 0.350 e. The highest BCUT2D eigenvalue weighted by Gasteiger charge is 2.19. The van der Waals surface area contributed by atoms with Gasteiger partial charge in [0.15, 0.2) is 5.82 Å². The summed E-state index contributed by atoms with van der Waals surface area (Å²) in [5.41, 5.74) is 1.63. The molecule has 1 aliphatic carbocycles. The van der Waals surface area contributed by atoms with E-state index in [9.17, 15) is 9.59 Å². The maximum absolute atomic E-state index is 12.6. The molecular weight excluding hydrogens is 376 g/mol. The fourth-order valence-electron chi connectivity index (χ4n) is 3.72. The van der Waals surface area contributed by atoms with Gasteiger partial charge in [-0.2, -0.15) is 11.8 Å². The minimum Gasteiger partial charge on any atom is -0.354 e. The molecule has 0 unspecified atom stereocenters. The number of allylic oxidation sites excluding steroid dienone is 1. The summed E-state index contributed by atoms with van der Waals surface area (Å²) < 4.78 is 2.71. The van der Waals surface area contributed by atoms with Crippen LogP contribution in [-0.4, -0.2) is 56.2 Å². The largest absolute Gasteiger partial charge is 0.354 e. The van der Waals surface area contributed by atoms with Gasteiger partial charge in [-0.15, -0.1) is 5.10 Å². The van der Waals surface area contributed by atoms with Crippen LogP contribution in [0.5, 0.6) is 0 Å². The van der Waals surface area contributed by atoms with E-state index in [0.29, 0.717) is 18.0 Å². The van der Waals surface area contributed by atoms with E-state index in [2.05, 4.69) is 26.4 Å². The SMILES string of the molecule is O=C(Cn1nc2c(N3CCSCC3)nccn2c1=O)NCCC1=CCCCC1.